The monoisotopic (exact) mass is 307 g/mol. The van der Waals surface area contributed by atoms with Crippen molar-refractivity contribution in [2.75, 3.05) is 12.4 Å². The summed E-state index contributed by atoms with van der Waals surface area (Å²) in [7, 11) is -3.32. The molecule has 1 heterocycles. The number of halogens is 1. The summed E-state index contributed by atoms with van der Waals surface area (Å²) in [5.41, 5.74) is 0. The van der Waals surface area contributed by atoms with Gasteiger partial charge in [-0.05, 0) is 36.1 Å². The van der Waals surface area contributed by atoms with E-state index >= 15 is 0 Å². The van der Waals surface area contributed by atoms with Gasteiger partial charge in [0, 0.05) is 12.4 Å². The Morgan fingerprint density at radius 3 is 2.67 bits per heavy atom. The van der Waals surface area contributed by atoms with Crippen LogP contribution in [0.15, 0.2) is 21.7 Å². The molecule has 0 aliphatic heterocycles. The van der Waals surface area contributed by atoms with Crippen molar-refractivity contribution < 1.29 is 8.42 Å². The topological polar surface area (TPSA) is 46.2 Å². The first-order chi connectivity index (χ1) is 8.63. The van der Waals surface area contributed by atoms with Gasteiger partial charge < -0.3 is 0 Å². The number of sulfonamides is 1. The van der Waals surface area contributed by atoms with Crippen LogP contribution in [0.3, 0.4) is 0 Å². The highest BCUT2D eigenvalue weighted by Gasteiger charge is 2.26. The standard InChI is InChI=1S/C12H18ClNO2S2/c13-8-10-4-1-2-5-11(10)9-14-18(15,16)12-6-3-7-17-12/h3,6-7,10-11,14H,1-2,4-5,8-9H2. The zero-order valence-electron chi connectivity index (χ0n) is 10.1. The summed E-state index contributed by atoms with van der Waals surface area (Å²) >= 11 is 7.20. The molecule has 0 amide bonds. The molecule has 3 nitrogen and oxygen atoms in total. The second-order valence-corrected chi connectivity index (χ2v) is 7.99. The molecule has 2 atom stereocenters. The number of rotatable bonds is 5. The van der Waals surface area contributed by atoms with E-state index in [-0.39, 0.29) is 0 Å². The Morgan fingerprint density at radius 1 is 1.33 bits per heavy atom. The largest absolute Gasteiger partial charge is 0.250 e. The first-order valence-corrected chi connectivity index (χ1v) is 9.12. The van der Waals surface area contributed by atoms with E-state index in [2.05, 4.69) is 4.72 Å². The van der Waals surface area contributed by atoms with Crippen molar-refractivity contribution >= 4 is 33.0 Å². The Bertz CT molecular complexity index is 458. The Kier molecular flexibility index (Phi) is 5.06. The molecule has 102 valence electrons. The van der Waals surface area contributed by atoms with Gasteiger partial charge in [-0.1, -0.05) is 18.9 Å². The van der Waals surface area contributed by atoms with Crippen LogP contribution in [0.2, 0.25) is 0 Å². The van der Waals surface area contributed by atoms with Crippen molar-refractivity contribution in [3.63, 3.8) is 0 Å². The van der Waals surface area contributed by atoms with Crippen molar-refractivity contribution in [2.24, 2.45) is 11.8 Å². The van der Waals surface area contributed by atoms with E-state index < -0.39 is 10.0 Å². The van der Waals surface area contributed by atoms with E-state index in [1.165, 1.54) is 24.2 Å². The smallest absolute Gasteiger partial charge is 0.210 e. The van der Waals surface area contributed by atoms with Crippen molar-refractivity contribution in [3.05, 3.63) is 17.5 Å². The molecular formula is C12H18ClNO2S2. The summed E-state index contributed by atoms with van der Waals surface area (Å²) in [5.74, 6) is 1.46. The molecule has 0 spiro atoms. The van der Waals surface area contributed by atoms with E-state index in [4.69, 9.17) is 11.6 Å². The minimum absolute atomic E-state index is 0.381. The number of nitrogens with one attached hydrogen (secondary N) is 1. The highest BCUT2D eigenvalue weighted by Crippen LogP contribution is 2.30. The molecule has 1 saturated carbocycles. The van der Waals surface area contributed by atoms with Crippen molar-refractivity contribution in [1.29, 1.82) is 0 Å². The molecule has 1 aromatic heterocycles. The van der Waals surface area contributed by atoms with Crippen molar-refractivity contribution in [2.45, 2.75) is 29.9 Å². The maximum atomic E-state index is 12.0. The molecule has 0 bridgehead atoms. The third-order valence-electron chi connectivity index (χ3n) is 3.56. The van der Waals surface area contributed by atoms with Crippen LogP contribution in [0.5, 0.6) is 0 Å². The van der Waals surface area contributed by atoms with Gasteiger partial charge in [0.1, 0.15) is 4.21 Å². The van der Waals surface area contributed by atoms with Crippen LogP contribution < -0.4 is 4.72 Å². The Balaban J connectivity index is 1.94. The summed E-state index contributed by atoms with van der Waals surface area (Å²) in [4.78, 5) is 0. The van der Waals surface area contributed by atoms with Crippen LogP contribution in [-0.2, 0) is 10.0 Å². The van der Waals surface area contributed by atoms with Gasteiger partial charge in [0.25, 0.3) is 0 Å². The highest BCUT2D eigenvalue weighted by atomic mass is 35.5. The fourth-order valence-electron chi connectivity index (χ4n) is 2.46. The van der Waals surface area contributed by atoms with Gasteiger partial charge in [0.2, 0.25) is 10.0 Å². The average molecular weight is 308 g/mol. The summed E-state index contributed by atoms with van der Waals surface area (Å²) in [6.45, 7) is 0.512. The van der Waals surface area contributed by atoms with Gasteiger partial charge >= 0.3 is 0 Å². The molecule has 1 aliphatic carbocycles. The molecule has 2 unspecified atom stereocenters. The lowest BCUT2D eigenvalue weighted by Crippen LogP contribution is -2.34. The third kappa shape index (κ3) is 3.47. The van der Waals surface area contributed by atoms with Gasteiger partial charge in [-0.3, -0.25) is 0 Å². The zero-order valence-corrected chi connectivity index (χ0v) is 12.5. The molecule has 6 heteroatoms. The van der Waals surface area contributed by atoms with E-state index in [1.54, 1.807) is 17.5 Å². The second-order valence-electron chi connectivity index (χ2n) is 4.74. The normalized spacial score (nSPS) is 25.2. The minimum Gasteiger partial charge on any atom is -0.210 e. The number of thiophene rings is 1. The fourth-order valence-corrected chi connectivity index (χ4v) is 5.00. The average Bonchev–Trinajstić information content (AvgIpc) is 2.91. The first-order valence-electron chi connectivity index (χ1n) is 6.22. The summed E-state index contributed by atoms with van der Waals surface area (Å²) in [6.07, 6.45) is 4.59. The van der Waals surface area contributed by atoms with Gasteiger partial charge in [0.05, 0.1) is 0 Å². The van der Waals surface area contributed by atoms with E-state index in [9.17, 15) is 8.42 Å². The van der Waals surface area contributed by atoms with Crippen LogP contribution in [0.1, 0.15) is 25.7 Å². The molecule has 0 saturated heterocycles. The molecular weight excluding hydrogens is 290 g/mol. The predicted molar refractivity (Wildman–Crippen MR) is 75.7 cm³/mol. The lowest BCUT2D eigenvalue weighted by Gasteiger charge is -2.30. The third-order valence-corrected chi connectivity index (χ3v) is 6.78. The molecule has 1 fully saturated rings. The van der Waals surface area contributed by atoms with E-state index in [1.807, 2.05) is 0 Å². The van der Waals surface area contributed by atoms with Crippen molar-refractivity contribution in [1.82, 2.24) is 4.72 Å². The Labute approximate surface area is 118 Å². The molecule has 1 aromatic rings. The molecule has 1 N–H and O–H groups in total. The molecule has 0 radical (unpaired) electrons. The van der Waals surface area contributed by atoms with E-state index in [0.717, 1.165) is 12.8 Å². The highest BCUT2D eigenvalue weighted by molar-refractivity contribution is 7.91. The van der Waals surface area contributed by atoms with E-state index in [0.29, 0.717) is 28.5 Å². The fraction of sp³-hybridized carbons (Fsp3) is 0.667. The Hall–Kier alpha value is -0.100. The zero-order chi connectivity index (χ0) is 13.0. The number of hydrogen-bond acceptors (Lipinski definition) is 3. The molecule has 0 aromatic carbocycles. The number of alkyl halides is 1. The van der Waals surface area contributed by atoms with Gasteiger partial charge in [-0.2, -0.15) is 0 Å². The molecule has 2 rings (SSSR count). The maximum absolute atomic E-state index is 12.0. The van der Waals surface area contributed by atoms with Crippen LogP contribution >= 0.6 is 22.9 Å². The van der Waals surface area contributed by atoms with Crippen LogP contribution in [0, 0.1) is 11.8 Å². The lowest BCUT2D eigenvalue weighted by molar-refractivity contribution is 0.260. The summed E-state index contributed by atoms with van der Waals surface area (Å²) < 4.78 is 27.1. The second kappa shape index (κ2) is 6.37. The SMILES string of the molecule is O=S(=O)(NCC1CCCCC1CCl)c1cccs1. The Morgan fingerprint density at radius 2 is 2.06 bits per heavy atom. The van der Waals surface area contributed by atoms with Gasteiger partial charge in [-0.25, -0.2) is 13.1 Å². The predicted octanol–water partition coefficient (Wildman–Crippen LogP) is 3.07. The summed E-state index contributed by atoms with van der Waals surface area (Å²) in [6, 6.07) is 3.38. The van der Waals surface area contributed by atoms with Crippen LogP contribution in [0.4, 0.5) is 0 Å². The van der Waals surface area contributed by atoms with Gasteiger partial charge in [-0.15, -0.1) is 22.9 Å². The van der Waals surface area contributed by atoms with Gasteiger partial charge in [0.15, 0.2) is 0 Å². The van der Waals surface area contributed by atoms with Crippen molar-refractivity contribution in [3.8, 4) is 0 Å². The quantitative estimate of drug-likeness (QED) is 0.850. The minimum atomic E-state index is -3.32. The maximum Gasteiger partial charge on any atom is 0.250 e. The first kappa shape index (κ1) is 14.3. The van der Waals surface area contributed by atoms with Crippen LogP contribution in [-0.4, -0.2) is 20.8 Å². The molecule has 1 aliphatic rings. The number of hydrogen-bond donors (Lipinski definition) is 1. The van der Waals surface area contributed by atoms with Crippen LogP contribution in [0.25, 0.3) is 0 Å². The molecule has 18 heavy (non-hydrogen) atoms. The lowest BCUT2D eigenvalue weighted by atomic mass is 9.80. The summed E-state index contributed by atoms with van der Waals surface area (Å²) in [5, 5.41) is 1.77.